The number of hydrogen-bond acceptors (Lipinski definition) is 6. The highest BCUT2D eigenvalue weighted by Crippen LogP contribution is 2.35. The number of amides is 1. The molecule has 1 atom stereocenters. The van der Waals surface area contributed by atoms with E-state index in [0.29, 0.717) is 59.6 Å². The molecule has 2 aliphatic heterocycles. The van der Waals surface area contributed by atoms with Gasteiger partial charge in [0.05, 0.1) is 27.3 Å². The molecule has 1 amide bonds. The molecule has 10 heteroatoms. The molecular formula is C25H28ClN3O4S2. The Morgan fingerprint density at radius 2 is 1.91 bits per heavy atom. The summed E-state index contributed by atoms with van der Waals surface area (Å²) in [6.07, 6.45) is 2.80. The summed E-state index contributed by atoms with van der Waals surface area (Å²) in [4.78, 5) is 20.5. The number of piperidine rings is 1. The van der Waals surface area contributed by atoms with Crippen molar-refractivity contribution in [3.8, 4) is 0 Å². The van der Waals surface area contributed by atoms with Gasteiger partial charge in [-0.25, -0.2) is 13.4 Å². The van der Waals surface area contributed by atoms with Crippen LogP contribution in [0.15, 0.2) is 47.4 Å². The highest BCUT2D eigenvalue weighted by Gasteiger charge is 2.36. The number of ether oxygens (including phenoxy) is 1. The van der Waals surface area contributed by atoms with Crippen LogP contribution in [-0.4, -0.2) is 56.0 Å². The second-order valence-corrected chi connectivity index (χ2v) is 12.5. The molecule has 2 fully saturated rings. The maximum absolute atomic E-state index is 13.7. The number of carbonyl (C=O) groups is 1. The number of rotatable bonds is 6. The topological polar surface area (TPSA) is 79.8 Å². The number of nitrogens with zero attached hydrogens (tertiary/aromatic N) is 3. The Hall–Kier alpha value is -2.04. The Balaban J connectivity index is 1.34. The maximum atomic E-state index is 13.7. The predicted octanol–water partition coefficient (Wildman–Crippen LogP) is 4.87. The predicted molar refractivity (Wildman–Crippen MR) is 139 cm³/mol. The number of hydrogen-bond donors (Lipinski definition) is 0. The molecule has 0 aliphatic carbocycles. The molecule has 7 nitrogen and oxygen atoms in total. The van der Waals surface area contributed by atoms with Gasteiger partial charge in [-0.1, -0.05) is 46.7 Å². The van der Waals surface area contributed by atoms with Crippen LogP contribution in [0.2, 0.25) is 5.02 Å². The summed E-state index contributed by atoms with van der Waals surface area (Å²) in [7, 11) is -3.58. The monoisotopic (exact) mass is 533 g/mol. The van der Waals surface area contributed by atoms with Crippen molar-refractivity contribution < 1.29 is 17.9 Å². The third kappa shape index (κ3) is 5.11. The molecule has 1 unspecified atom stereocenters. The summed E-state index contributed by atoms with van der Waals surface area (Å²) in [5, 5.41) is 1.17. The minimum absolute atomic E-state index is 0.0246. The zero-order valence-electron chi connectivity index (χ0n) is 19.5. The van der Waals surface area contributed by atoms with E-state index in [4.69, 9.17) is 21.3 Å². The van der Waals surface area contributed by atoms with Crippen molar-refractivity contribution in [2.24, 2.45) is 5.92 Å². The first-order chi connectivity index (χ1) is 16.8. The first-order valence-electron chi connectivity index (χ1n) is 11.9. The van der Waals surface area contributed by atoms with Gasteiger partial charge < -0.3 is 4.74 Å². The molecule has 0 radical (unpaired) electrons. The van der Waals surface area contributed by atoms with E-state index in [1.807, 2.05) is 19.1 Å². The van der Waals surface area contributed by atoms with Crippen LogP contribution in [-0.2, 0) is 19.6 Å². The zero-order valence-corrected chi connectivity index (χ0v) is 21.9. The summed E-state index contributed by atoms with van der Waals surface area (Å²) >= 11 is 7.79. The van der Waals surface area contributed by atoms with E-state index in [0.717, 1.165) is 23.1 Å². The van der Waals surface area contributed by atoms with Crippen LogP contribution in [0.4, 0.5) is 5.13 Å². The second-order valence-electron chi connectivity index (χ2n) is 9.16. The number of thiazole rings is 1. The van der Waals surface area contributed by atoms with Crippen LogP contribution < -0.4 is 4.90 Å². The van der Waals surface area contributed by atoms with Crippen molar-refractivity contribution in [2.75, 3.05) is 31.1 Å². The summed E-state index contributed by atoms with van der Waals surface area (Å²) in [5.41, 5.74) is 1.70. The molecule has 3 heterocycles. The number of anilines is 1. The summed E-state index contributed by atoms with van der Waals surface area (Å²) in [6, 6.07) is 12.5. The summed E-state index contributed by atoms with van der Waals surface area (Å²) in [6.45, 7) is 3.69. The van der Waals surface area contributed by atoms with Crippen LogP contribution in [0.3, 0.4) is 0 Å². The van der Waals surface area contributed by atoms with Gasteiger partial charge in [0, 0.05) is 25.6 Å². The highest BCUT2D eigenvalue weighted by atomic mass is 35.5. The fourth-order valence-electron chi connectivity index (χ4n) is 4.70. The Bertz CT molecular complexity index is 1310. The Kier molecular flexibility index (Phi) is 7.14. The van der Waals surface area contributed by atoms with Crippen molar-refractivity contribution in [2.45, 2.75) is 43.6 Å². The fourth-order valence-corrected chi connectivity index (χ4v) is 7.45. The Morgan fingerprint density at radius 1 is 1.17 bits per heavy atom. The first-order valence-corrected chi connectivity index (χ1v) is 14.5. The van der Waals surface area contributed by atoms with E-state index in [1.165, 1.54) is 15.6 Å². The summed E-state index contributed by atoms with van der Waals surface area (Å²) in [5.74, 6) is -0.300. The van der Waals surface area contributed by atoms with Crippen molar-refractivity contribution >= 4 is 54.2 Å². The first kappa shape index (κ1) is 24.6. The van der Waals surface area contributed by atoms with Gasteiger partial charge in [-0.3, -0.25) is 9.69 Å². The molecule has 0 spiro atoms. The lowest BCUT2D eigenvalue weighted by Gasteiger charge is -2.33. The average Bonchev–Trinajstić information content (AvgIpc) is 3.53. The van der Waals surface area contributed by atoms with E-state index >= 15 is 0 Å². The molecule has 5 rings (SSSR count). The van der Waals surface area contributed by atoms with Gasteiger partial charge in [-0.2, -0.15) is 4.31 Å². The molecule has 186 valence electrons. The van der Waals surface area contributed by atoms with Crippen LogP contribution >= 0.6 is 22.9 Å². The quantitative estimate of drug-likeness (QED) is 0.451. The second kappa shape index (κ2) is 10.1. The Morgan fingerprint density at radius 3 is 2.57 bits per heavy atom. The number of benzene rings is 2. The molecule has 2 aromatic carbocycles. The molecule has 35 heavy (non-hydrogen) atoms. The molecule has 0 N–H and O–H groups in total. The number of fused-ring (bicyclic) bond motifs is 1. The molecular weight excluding hydrogens is 506 g/mol. The minimum Gasteiger partial charge on any atom is -0.376 e. The molecule has 3 aromatic rings. The zero-order chi connectivity index (χ0) is 24.6. The van der Waals surface area contributed by atoms with E-state index in [1.54, 1.807) is 35.2 Å². The maximum Gasteiger partial charge on any atom is 0.243 e. The number of carbonyl (C=O) groups excluding carboxylic acids is 1. The Labute approximate surface area is 214 Å². The van der Waals surface area contributed by atoms with Crippen molar-refractivity contribution in [1.82, 2.24) is 9.29 Å². The van der Waals surface area contributed by atoms with Crippen LogP contribution in [0.5, 0.6) is 0 Å². The molecule has 2 saturated heterocycles. The lowest BCUT2D eigenvalue weighted by molar-refractivity contribution is -0.123. The van der Waals surface area contributed by atoms with E-state index in [9.17, 15) is 13.2 Å². The lowest BCUT2D eigenvalue weighted by Crippen LogP contribution is -2.46. The highest BCUT2D eigenvalue weighted by molar-refractivity contribution is 7.89. The van der Waals surface area contributed by atoms with Gasteiger partial charge in [0.15, 0.2) is 5.13 Å². The molecule has 2 aliphatic rings. The van der Waals surface area contributed by atoms with Gasteiger partial charge >= 0.3 is 0 Å². The molecule has 0 saturated carbocycles. The van der Waals surface area contributed by atoms with Crippen molar-refractivity contribution in [1.29, 1.82) is 0 Å². The lowest BCUT2D eigenvalue weighted by atomic mass is 9.96. The van der Waals surface area contributed by atoms with Gasteiger partial charge in [-0.05, 0) is 56.9 Å². The normalized spacial score (nSPS) is 19.9. The number of para-hydroxylation sites is 1. The van der Waals surface area contributed by atoms with Gasteiger partial charge in [0.2, 0.25) is 15.9 Å². The standard InChI is InChI=1S/C25H28ClN3O4S2/c1-17-7-9-20(10-8-17)35(31,32)28-13-11-18(12-14-28)24(30)29(16-19-4-3-15-33-19)25-27-23-21(26)5-2-6-22(23)34-25/h2,5-10,18-19H,3-4,11-16H2,1H3. The summed E-state index contributed by atoms with van der Waals surface area (Å²) < 4.78 is 34.4. The van der Waals surface area contributed by atoms with Gasteiger partial charge in [0.1, 0.15) is 5.52 Å². The van der Waals surface area contributed by atoms with Crippen molar-refractivity contribution in [3.05, 3.63) is 53.1 Å². The number of halogens is 1. The van der Waals surface area contributed by atoms with E-state index in [-0.39, 0.29) is 17.9 Å². The minimum atomic E-state index is -3.58. The van der Waals surface area contributed by atoms with Crippen molar-refractivity contribution in [3.63, 3.8) is 0 Å². The SMILES string of the molecule is Cc1ccc(S(=O)(=O)N2CCC(C(=O)N(CC3CCCO3)c3nc4c(Cl)cccc4s3)CC2)cc1. The van der Waals surface area contributed by atoms with Gasteiger partial charge in [-0.15, -0.1) is 0 Å². The largest absolute Gasteiger partial charge is 0.376 e. The van der Waals surface area contributed by atoms with E-state index in [2.05, 4.69) is 0 Å². The number of aryl methyl sites for hydroxylation is 1. The third-order valence-corrected chi connectivity index (χ3v) is 9.99. The van der Waals surface area contributed by atoms with Crippen LogP contribution in [0.25, 0.3) is 10.2 Å². The van der Waals surface area contributed by atoms with Gasteiger partial charge in [0.25, 0.3) is 0 Å². The molecule has 1 aromatic heterocycles. The average molecular weight is 534 g/mol. The molecule has 0 bridgehead atoms. The number of sulfonamides is 1. The number of aromatic nitrogens is 1. The van der Waals surface area contributed by atoms with E-state index < -0.39 is 10.0 Å². The smallest absolute Gasteiger partial charge is 0.243 e. The third-order valence-electron chi connectivity index (χ3n) is 6.73. The van der Waals surface area contributed by atoms with Crippen LogP contribution in [0, 0.1) is 12.8 Å². The van der Waals surface area contributed by atoms with Crippen LogP contribution in [0.1, 0.15) is 31.2 Å². The fraction of sp³-hybridized carbons (Fsp3) is 0.440.